The molecule has 0 spiro atoms. The van der Waals surface area contributed by atoms with Crippen molar-refractivity contribution >= 4 is 40.0 Å². The first-order chi connectivity index (χ1) is 14.6. The summed E-state index contributed by atoms with van der Waals surface area (Å²) in [5.41, 5.74) is 2.34. The van der Waals surface area contributed by atoms with E-state index in [1.807, 2.05) is 36.4 Å². The number of amides is 1. The molecule has 1 saturated heterocycles. The third-order valence-electron chi connectivity index (χ3n) is 5.15. The molecule has 6 nitrogen and oxygen atoms in total. The van der Waals surface area contributed by atoms with E-state index in [1.165, 1.54) is 0 Å². The number of piperidine rings is 1. The lowest BCUT2D eigenvalue weighted by atomic mass is 9.97. The van der Waals surface area contributed by atoms with Gasteiger partial charge in [0, 0.05) is 23.8 Å². The standard InChI is InChI=1S/C23H25ClN4O2/c1-2-13-30-23-21(26-19-10-3-4-11-20(19)27-23)28-12-6-7-16(15-28)22(29)25-18-9-5-8-17(24)14-18/h3-5,8-11,14,16H,2,6-7,12-13,15H2,1H3,(H,25,29). The molecule has 1 aliphatic rings. The fourth-order valence-electron chi connectivity index (χ4n) is 3.67. The number of aromatic nitrogens is 2. The topological polar surface area (TPSA) is 67.4 Å². The van der Waals surface area contributed by atoms with Gasteiger partial charge in [-0.1, -0.05) is 36.7 Å². The highest BCUT2D eigenvalue weighted by Crippen LogP contribution is 2.31. The van der Waals surface area contributed by atoms with Crippen LogP contribution in [0.5, 0.6) is 5.88 Å². The van der Waals surface area contributed by atoms with Gasteiger partial charge in [-0.15, -0.1) is 0 Å². The SMILES string of the molecule is CCCOc1nc2ccccc2nc1N1CCCC(C(=O)Nc2cccc(Cl)c2)C1. The number of hydrogen-bond acceptors (Lipinski definition) is 5. The van der Waals surface area contributed by atoms with Crippen LogP contribution >= 0.6 is 11.6 Å². The molecule has 0 aliphatic carbocycles. The van der Waals surface area contributed by atoms with E-state index in [0.717, 1.165) is 36.8 Å². The number of fused-ring (bicyclic) bond motifs is 1. The van der Waals surface area contributed by atoms with E-state index >= 15 is 0 Å². The molecule has 0 bridgehead atoms. The fourth-order valence-corrected chi connectivity index (χ4v) is 3.86. The third-order valence-corrected chi connectivity index (χ3v) is 5.38. The number of halogens is 1. The predicted octanol–water partition coefficient (Wildman–Crippen LogP) is 4.93. The number of ether oxygens (including phenoxy) is 1. The van der Waals surface area contributed by atoms with Crippen LogP contribution in [0.4, 0.5) is 11.5 Å². The molecule has 156 valence electrons. The summed E-state index contributed by atoms with van der Waals surface area (Å²) in [6, 6.07) is 15.0. The molecule has 3 aromatic rings. The lowest BCUT2D eigenvalue weighted by Crippen LogP contribution is -2.41. The van der Waals surface area contributed by atoms with E-state index < -0.39 is 0 Å². The maximum Gasteiger partial charge on any atom is 0.258 e. The minimum atomic E-state index is -0.148. The van der Waals surface area contributed by atoms with E-state index in [2.05, 4.69) is 17.1 Å². The van der Waals surface area contributed by atoms with Gasteiger partial charge in [0.05, 0.1) is 23.6 Å². The van der Waals surface area contributed by atoms with Crippen LogP contribution in [0.15, 0.2) is 48.5 Å². The average Bonchev–Trinajstić information content (AvgIpc) is 2.77. The summed E-state index contributed by atoms with van der Waals surface area (Å²) in [7, 11) is 0. The van der Waals surface area contributed by atoms with Crippen molar-refractivity contribution in [1.82, 2.24) is 9.97 Å². The molecule has 1 amide bonds. The summed E-state index contributed by atoms with van der Waals surface area (Å²) >= 11 is 6.04. The van der Waals surface area contributed by atoms with Crippen LogP contribution in [-0.4, -0.2) is 35.6 Å². The number of carbonyl (C=O) groups excluding carboxylic acids is 1. The minimum absolute atomic E-state index is 0.00765. The Balaban J connectivity index is 1.56. The van der Waals surface area contributed by atoms with E-state index in [-0.39, 0.29) is 11.8 Å². The van der Waals surface area contributed by atoms with Gasteiger partial charge in [0.25, 0.3) is 5.88 Å². The van der Waals surface area contributed by atoms with Crippen molar-refractivity contribution in [3.8, 4) is 5.88 Å². The molecule has 30 heavy (non-hydrogen) atoms. The van der Waals surface area contributed by atoms with Gasteiger partial charge in [-0.25, -0.2) is 9.97 Å². The second-order valence-corrected chi connectivity index (χ2v) is 7.91. The third kappa shape index (κ3) is 4.65. The Labute approximate surface area is 181 Å². The predicted molar refractivity (Wildman–Crippen MR) is 120 cm³/mol. The maximum absolute atomic E-state index is 12.9. The number of para-hydroxylation sites is 2. The zero-order valence-electron chi connectivity index (χ0n) is 17.0. The van der Waals surface area contributed by atoms with Gasteiger partial charge >= 0.3 is 0 Å². The van der Waals surface area contributed by atoms with Crippen molar-refractivity contribution in [3.63, 3.8) is 0 Å². The molecule has 1 fully saturated rings. The normalized spacial score (nSPS) is 16.5. The Morgan fingerprint density at radius 2 is 2.00 bits per heavy atom. The number of benzene rings is 2. The Morgan fingerprint density at radius 1 is 1.20 bits per heavy atom. The highest BCUT2D eigenvalue weighted by Gasteiger charge is 2.29. The molecule has 1 aliphatic heterocycles. The number of rotatable bonds is 6. The molecule has 2 heterocycles. The Bertz CT molecular complexity index is 1040. The van der Waals surface area contributed by atoms with Gasteiger partial charge in [0.2, 0.25) is 5.91 Å². The molecule has 0 saturated carbocycles. The molecule has 1 N–H and O–H groups in total. The van der Waals surface area contributed by atoms with Crippen LogP contribution in [0.25, 0.3) is 11.0 Å². The first kappa shape index (κ1) is 20.4. The van der Waals surface area contributed by atoms with E-state index in [1.54, 1.807) is 12.1 Å². The Hall–Kier alpha value is -2.86. The van der Waals surface area contributed by atoms with Crippen LogP contribution in [-0.2, 0) is 4.79 Å². The van der Waals surface area contributed by atoms with Crippen LogP contribution < -0.4 is 15.0 Å². The van der Waals surface area contributed by atoms with Crippen molar-refractivity contribution < 1.29 is 9.53 Å². The largest absolute Gasteiger partial charge is 0.475 e. The van der Waals surface area contributed by atoms with Gasteiger partial charge in [0.1, 0.15) is 0 Å². The smallest absolute Gasteiger partial charge is 0.258 e. The second kappa shape index (κ2) is 9.30. The first-order valence-corrected chi connectivity index (χ1v) is 10.7. The molecule has 1 unspecified atom stereocenters. The molecule has 1 aromatic heterocycles. The van der Waals surface area contributed by atoms with E-state index in [0.29, 0.717) is 35.6 Å². The number of nitrogens with one attached hydrogen (secondary N) is 1. The summed E-state index contributed by atoms with van der Waals surface area (Å²) in [4.78, 5) is 24.5. The van der Waals surface area contributed by atoms with Crippen LogP contribution in [0.3, 0.4) is 0 Å². The fraction of sp³-hybridized carbons (Fsp3) is 0.348. The molecule has 1 atom stereocenters. The average molecular weight is 425 g/mol. The summed E-state index contributed by atoms with van der Waals surface area (Å²) in [5.74, 6) is 1.09. The molecule has 7 heteroatoms. The highest BCUT2D eigenvalue weighted by molar-refractivity contribution is 6.30. The van der Waals surface area contributed by atoms with Crippen molar-refractivity contribution in [2.75, 3.05) is 29.9 Å². The Morgan fingerprint density at radius 3 is 2.77 bits per heavy atom. The first-order valence-electron chi connectivity index (χ1n) is 10.3. The molecule has 4 rings (SSSR count). The lowest BCUT2D eigenvalue weighted by molar-refractivity contribution is -0.120. The minimum Gasteiger partial charge on any atom is -0.475 e. The highest BCUT2D eigenvalue weighted by atomic mass is 35.5. The van der Waals surface area contributed by atoms with Crippen LogP contribution in [0.1, 0.15) is 26.2 Å². The number of carbonyl (C=O) groups is 1. The Kier molecular flexibility index (Phi) is 6.33. The van der Waals surface area contributed by atoms with E-state index in [9.17, 15) is 4.79 Å². The second-order valence-electron chi connectivity index (χ2n) is 7.47. The zero-order valence-corrected chi connectivity index (χ0v) is 17.7. The quantitative estimate of drug-likeness (QED) is 0.607. The van der Waals surface area contributed by atoms with Gasteiger partial charge in [-0.2, -0.15) is 0 Å². The number of anilines is 2. The molecular formula is C23H25ClN4O2. The van der Waals surface area contributed by atoms with Crippen molar-refractivity contribution in [1.29, 1.82) is 0 Å². The van der Waals surface area contributed by atoms with Gasteiger partial charge in [-0.3, -0.25) is 4.79 Å². The molecular weight excluding hydrogens is 400 g/mol. The van der Waals surface area contributed by atoms with Crippen molar-refractivity contribution in [3.05, 3.63) is 53.6 Å². The number of nitrogens with zero attached hydrogens (tertiary/aromatic N) is 3. The summed E-state index contributed by atoms with van der Waals surface area (Å²) < 4.78 is 5.92. The lowest BCUT2D eigenvalue weighted by Gasteiger charge is -2.33. The van der Waals surface area contributed by atoms with Gasteiger partial charge in [-0.05, 0) is 49.6 Å². The van der Waals surface area contributed by atoms with Crippen LogP contribution in [0.2, 0.25) is 5.02 Å². The summed E-state index contributed by atoms with van der Waals surface area (Å²) in [6.07, 6.45) is 2.61. The molecule has 2 aromatic carbocycles. The summed E-state index contributed by atoms with van der Waals surface area (Å²) in [6.45, 7) is 4.02. The zero-order chi connectivity index (χ0) is 20.9. The van der Waals surface area contributed by atoms with Crippen LogP contribution in [0, 0.1) is 5.92 Å². The van der Waals surface area contributed by atoms with E-state index in [4.69, 9.17) is 26.3 Å². The monoisotopic (exact) mass is 424 g/mol. The summed E-state index contributed by atoms with van der Waals surface area (Å²) in [5, 5.41) is 3.58. The number of hydrogen-bond donors (Lipinski definition) is 1. The van der Waals surface area contributed by atoms with Gasteiger partial charge < -0.3 is 15.0 Å². The van der Waals surface area contributed by atoms with Gasteiger partial charge in [0.15, 0.2) is 5.82 Å². The van der Waals surface area contributed by atoms with Crippen molar-refractivity contribution in [2.24, 2.45) is 5.92 Å². The maximum atomic E-state index is 12.9. The molecule has 0 radical (unpaired) electrons. The van der Waals surface area contributed by atoms with Crippen molar-refractivity contribution in [2.45, 2.75) is 26.2 Å².